The van der Waals surface area contributed by atoms with Crippen LogP contribution in [0.15, 0.2) is 64.5 Å². The maximum absolute atomic E-state index is 13.1. The van der Waals surface area contributed by atoms with Crippen molar-refractivity contribution in [1.82, 2.24) is 20.5 Å². The normalized spacial score (nSPS) is 11.3. The van der Waals surface area contributed by atoms with E-state index in [0.717, 1.165) is 5.69 Å². The fourth-order valence-corrected chi connectivity index (χ4v) is 2.88. The van der Waals surface area contributed by atoms with E-state index >= 15 is 0 Å². The number of nitrogens with one attached hydrogen (secondary N) is 3. The summed E-state index contributed by atoms with van der Waals surface area (Å²) in [6.07, 6.45) is 0. The fourth-order valence-electron chi connectivity index (χ4n) is 2.65. The smallest absolute Gasteiger partial charge is 0.281 e. The summed E-state index contributed by atoms with van der Waals surface area (Å²) in [5.74, 6) is 0. The molecular weight excluding hydrogens is 382 g/mol. The van der Waals surface area contributed by atoms with Gasteiger partial charge in [0.2, 0.25) is 0 Å². The molecule has 0 saturated heterocycles. The van der Waals surface area contributed by atoms with Gasteiger partial charge in [-0.15, -0.1) is 0 Å². The number of aromatic nitrogens is 2. The van der Waals surface area contributed by atoms with E-state index in [1.54, 1.807) is 25.2 Å². The highest BCUT2D eigenvalue weighted by Gasteiger charge is 2.20. The number of rotatable bonds is 4. The minimum absolute atomic E-state index is 0.213. The van der Waals surface area contributed by atoms with E-state index in [1.807, 2.05) is 43.3 Å². The molecule has 27 heavy (non-hydrogen) atoms. The number of hydrogen-bond donors (Lipinski definition) is 3. The van der Waals surface area contributed by atoms with Gasteiger partial charge in [-0.25, -0.2) is 4.68 Å². The largest absolute Gasteiger partial charge is 0.364 e. The average Bonchev–Trinajstić information content (AvgIpc) is 2.97. The number of hydrazone groups is 1. The van der Waals surface area contributed by atoms with Crippen LogP contribution in [0.3, 0.4) is 0 Å². The molecule has 3 N–H and O–H groups in total. The van der Waals surface area contributed by atoms with Crippen molar-refractivity contribution in [3.05, 3.63) is 86.8 Å². The minimum atomic E-state index is -0.213. The van der Waals surface area contributed by atoms with Crippen molar-refractivity contribution >= 4 is 34.6 Å². The number of nitrogens with zero attached hydrogens (tertiary/aromatic N) is 2. The minimum Gasteiger partial charge on any atom is -0.364 e. The van der Waals surface area contributed by atoms with Crippen molar-refractivity contribution in [2.75, 3.05) is 7.05 Å². The van der Waals surface area contributed by atoms with Crippen LogP contribution in [0.4, 0.5) is 0 Å². The van der Waals surface area contributed by atoms with Crippen molar-refractivity contribution in [2.45, 2.75) is 6.92 Å². The lowest BCUT2D eigenvalue weighted by atomic mass is 10.0. The summed E-state index contributed by atoms with van der Waals surface area (Å²) in [7, 11) is 1.69. The molecule has 0 aliphatic heterocycles. The zero-order chi connectivity index (χ0) is 19.4. The third-order valence-corrected chi connectivity index (χ3v) is 4.45. The van der Waals surface area contributed by atoms with Crippen LogP contribution < -0.4 is 16.3 Å². The standard InChI is InChI=1S/C19H18ClN5OS/c1-12-16(18(26)25(24-12)15-9-4-3-5-10-15)17(22-23-19(27)21-2)13-7-6-8-14(20)11-13/h3-11,24H,1-2H3,(H2,21,23,27)/b22-17-. The lowest BCUT2D eigenvalue weighted by Crippen LogP contribution is -2.31. The Kier molecular flexibility index (Phi) is 5.73. The number of benzene rings is 2. The Morgan fingerprint density at radius 3 is 2.59 bits per heavy atom. The molecule has 3 rings (SSSR count). The van der Waals surface area contributed by atoms with E-state index in [4.69, 9.17) is 23.8 Å². The predicted molar refractivity (Wildman–Crippen MR) is 113 cm³/mol. The van der Waals surface area contributed by atoms with Gasteiger partial charge in [0, 0.05) is 23.3 Å². The van der Waals surface area contributed by atoms with Crippen LogP contribution in [0.2, 0.25) is 5.02 Å². The number of aryl methyl sites for hydroxylation is 1. The SMILES string of the molecule is CNC(=S)N/N=C(/c1cccc(Cl)c1)c1c(C)[nH]n(-c2ccccc2)c1=O. The van der Waals surface area contributed by atoms with Gasteiger partial charge in [0.1, 0.15) is 5.71 Å². The molecule has 8 heteroatoms. The molecular formula is C19H18ClN5OS. The van der Waals surface area contributed by atoms with Gasteiger partial charge in [-0.2, -0.15) is 5.10 Å². The molecule has 0 radical (unpaired) electrons. The average molecular weight is 400 g/mol. The quantitative estimate of drug-likeness (QED) is 0.358. The number of aromatic amines is 1. The molecule has 0 atom stereocenters. The second-order valence-corrected chi connectivity index (χ2v) is 6.59. The van der Waals surface area contributed by atoms with Gasteiger partial charge in [0.05, 0.1) is 11.3 Å². The van der Waals surface area contributed by atoms with Crippen molar-refractivity contribution in [2.24, 2.45) is 5.10 Å². The maximum Gasteiger partial charge on any atom is 0.281 e. The third-order valence-electron chi connectivity index (χ3n) is 3.92. The van der Waals surface area contributed by atoms with Crippen LogP contribution in [0.25, 0.3) is 5.69 Å². The maximum atomic E-state index is 13.1. The number of hydrogen-bond acceptors (Lipinski definition) is 3. The van der Waals surface area contributed by atoms with Crippen LogP contribution >= 0.6 is 23.8 Å². The first kappa shape index (κ1) is 18.9. The molecule has 138 valence electrons. The molecule has 0 aliphatic carbocycles. The Hall–Kier alpha value is -2.90. The molecule has 3 aromatic rings. The monoisotopic (exact) mass is 399 g/mol. The third kappa shape index (κ3) is 4.10. The molecule has 0 bridgehead atoms. The molecule has 0 unspecified atom stereocenters. The lowest BCUT2D eigenvalue weighted by molar-refractivity contribution is 0.835. The van der Waals surface area contributed by atoms with Crippen LogP contribution in [-0.4, -0.2) is 27.7 Å². The van der Waals surface area contributed by atoms with Crippen molar-refractivity contribution in [3.8, 4) is 5.69 Å². The molecule has 0 amide bonds. The molecule has 2 aromatic carbocycles. The second-order valence-electron chi connectivity index (χ2n) is 5.75. The highest BCUT2D eigenvalue weighted by atomic mass is 35.5. The number of H-pyrrole nitrogens is 1. The Morgan fingerprint density at radius 1 is 1.19 bits per heavy atom. The van der Waals surface area contributed by atoms with E-state index in [0.29, 0.717) is 32.7 Å². The van der Waals surface area contributed by atoms with Crippen LogP contribution in [0.1, 0.15) is 16.8 Å². The van der Waals surface area contributed by atoms with E-state index in [2.05, 4.69) is 20.9 Å². The Labute approximate surface area is 166 Å². The first-order valence-corrected chi connectivity index (χ1v) is 8.98. The Balaban J connectivity index is 2.17. The second kappa shape index (κ2) is 8.20. The van der Waals surface area contributed by atoms with Gasteiger partial charge in [0.25, 0.3) is 5.56 Å². The zero-order valence-electron chi connectivity index (χ0n) is 14.8. The number of halogens is 1. The molecule has 0 spiro atoms. The van der Waals surface area contributed by atoms with Gasteiger partial charge in [-0.3, -0.25) is 15.3 Å². The van der Waals surface area contributed by atoms with E-state index in [1.165, 1.54) is 4.68 Å². The molecule has 0 saturated carbocycles. The summed E-state index contributed by atoms with van der Waals surface area (Å²) in [6.45, 7) is 1.83. The predicted octanol–water partition coefficient (Wildman–Crippen LogP) is 2.97. The first-order chi connectivity index (χ1) is 13.0. The first-order valence-electron chi connectivity index (χ1n) is 8.20. The molecule has 1 aromatic heterocycles. The Morgan fingerprint density at radius 2 is 1.93 bits per heavy atom. The summed E-state index contributed by atoms with van der Waals surface area (Å²) in [6, 6.07) is 16.5. The van der Waals surface area contributed by atoms with Crippen molar-refractivity contribution in [3.63, 3.8) is 0 Å². The zero-order valence-corrected chi connectivity index (χ0v) is 16.4. The van der Waals surface area contributed by atoms with Crippen molar-refractivity contribution < 1.29 is 0 Å². The van der Waals surface area contributed by atoms with Crippen LogP contribution in [-0.2, 0) is 0 Å². The molecule has 0 fully saturated rings. The molecule has 1 heterocycles. The van der Waals surface area contributed by atoms with Gasteiger partial charge < -0.3 is 5.32 Å². The van der Waals surface area contributed by atoms with Gasteiger partial charge in [-0.1, -0.05) is 41.9 Å². The summed E-state index contributed by atoms with van der Waals surface area (Å²) >= 11 is 11.2. The van der Waals surface area contributed by atoms with Crippen LogP contribution in [0, 0.1) is 6.92 Å². The lowest BCUT2D eigenvalue weighted by Gasteiger charge is -2.08. The van der Waals surface area contributed by atoms with Gasteiger partial charge in [-0.05, 0) is 43.4 Å². The summed E-state index contributed by atoms with van der Waals surface area (Å²) in [5.41, 5.74) is 5.55. The summed E-state index contributed by atoms with van der Waals surface area (Å²) in [5, 5.41) is 11.2. The molecule has 0 aliphatic rings. The van der Waals surface area contributed by atoms with E-state index in [-0.39, 0.29) is 5.56 Å². The van der Waals surface area contributed by atoms with E-state index < -0.39 is 0 Å². The van der Waals surface area contributed by atoms with Crippen LogP contribution in [0.5, 0.6) is 0 Å². The van der Waals surface area contributed by atoms with Crippen molar-refractivity contribution in [1.29, 1.82) is 0 Å². The molecule has 6 nitrogen and oxygen atoms in total. The highest BCUT2D eigenvalue weighted by molar-refractivity contribution is 7.80. The van der Waals surface area contributed by atoms with E-state index in [9.17, 15) is 4.79 Å². The summed E-state index contributed by atoms with van der Waals surface area (Å²) < 4.78 is 1.49. The van der Waals surface area contributed by atoms with Gasteiger partial charge in [0.15, 0.2) is 5.11 Å². The fraction of sp³-hybridized carbons (Fsp3) is 0.105. The van der Waals surface area contributed by atoms with Gasteiger partial charge >= 0.3 is 0 Å². The topological polar surface area (TPSA) is 74.2 Å². The summed E-state index contributed by atoms with van der Waals surface area (Å²) in [4.78, 5) is 13.1. The Bertz CT molecular complexity index is 1060. The number of para-hydroxylation sites is 1. The number of thiocarbonyl (C=S) groups is 1. The highest BCUT2D eigenvalue weighted by Crippen LogP contribution is 2.16.